The number of methoxy groups -OCH3 is 1. The molecule has 1 aromatic heterocycles. The van der Waals surface area contributed by atoms with E-state index >= 15 is 0 Å². The Bertz CT molecular complexity index is 419. The van der Waals surface area contributed by atoms with Crippen LogP contribution in [-0.2, 0) is 11.3 Å². The molecular weight excluding hydrogens is 270 g/mol. The summed E-state index contributed by atoms with van der Waals surface area (Å²) in [6, 6.07) is 0. The quantitative estimate of drug-likeness (QED) is 0.876. The molecule has 0 radical (unpaired) electrons. The topological polar surface area (TPSA) is 37.4 Å². The predicted octanol–water partition coefficient (Wildman–Crippen LogP) is 2.81. The van der Waals surface area contributed by atoms with Crippen LogP contribution in [0.2, 0.25) is 0 Å². The van der Waals surface area contributed by atoms with Crippen molar-refractivity contribution in [2.75, 3.05) is 31.6 Å². The average Bonchev–Trinajstić information content (AvgIpc) is 2.80. The van der Waals surface area contributed by atoms with Crippen molar-refractivity contribution in [1.82, 2.24) is 10.3 Å². The van der Waals surface area contributed by atoms with Gasteiger partial charge in [-0.25, -0.2) is 4.98 Å². The van der Waals surface area contributed by atoms with Crippen LogP contribution >= 0.6 is 11.3 Å². The summed E-state index contributed by atoms with van der Waals surface area (Å²) in [5, 5.41) is 4.66. The SMILES string of the molecule is COC1CCCN(c2nc(C)c(CNCC(C)C)s2)C1. The summed E-state index contributed by atoms with van der Waals surface area (Å²) in [6.45, 7) is 10.6. The van der Waals surface area contributed by atoms with Crippen LogP contribution in [0.5, 0.6) is 0 Å². The van der Waals surface area contributed by atoms with Crippen LogP contribution in [0.1, 0.15) is 37.3 Å². The first-order valence-corrected chi connectivity index (χ1v) is 8.36. The lowest BCUT2D eigenvalue weighted by atomic mass is 10.1. The predicted molar refractivity (Wildman–Crippen MR) is 85.6 cm³/mol. The molecule has 0 aromatic carbocycles. The van der Waals surface area contributed by atoms with Gasteiger partial charge in [-0.05, 0) is 32.2 Å². The maximum Gasteiger partial charge on any atom is 0.185 e. The van der Waals surface area contributed by atoms with Crippen LogP contribution in [-0.4, -0.2) is 37.8 Å². The number of nitrogens with one attached hydrogen (secondary N) is 1. The van der Waals surface area contributed by atoms with Crippen molar-refractivity contribution in [3.05, 3.63) is 10.6 Å². The van der Waals surface area contributed by atoms with Gasteiger partial charge in [0.2, 0.25) is 0 Å². The van der Waals surface area contributed by atoms with Gasteiger partial charge in [0.15, 0.2) is 5.13 Å². The van der Waals surface area contributed by atoms with Gasteiger partial charge in [-0.3, -0.25) is 0 Å². The average molecular weight is 297 g/mol. The zero-order valence-electron chi connectivity index (χ0n) is 13.1. The normalized spacial score (nSPS) is 19.9. The largest absolute Gasteiger partial charge is 0.380 e. The first kappa shape index (κ1) is 15.7. The zero-order chi connectivity index (χ0) is 14.5. The smallest absolute Gasteiger partial charge is 0.185 e. The molecule has 0 aliphatic carbocycles. The molecule has 114 valence electrons. The Morgan fingerprint density at radius 2 is 2.30 bits per heavy atom. The van der Waals surface area contributed by atoms with Crippen molar-refractivity contribution in [3.8, 4) is 0 Å². The van der Waals surface area contributed by atoms with Gasteiger partial charge in [-0.1, -0.05) is 13.8 Å². The third kappa shape index (κ3) is 4.17. The lowest BCUT2D eigenvalue weighted by Crippen LogP contribution is -2.39. The molecule has 0 saturated carbocycles. The van der Waals surface area contributed by atoms with Crippen molar-refractivity contribution in [3.63, 3.8) is 0 Å². The number of nitrogens with zero attached hydrogens (tertiary/aromatic N) is 2. The van der Waals surface area contributed by atoms with E-state index in [9.17, 15) is 0 Å². The highest BCUT2D eigenvalue weighted by molar-refractivity contribution is 7.15. The highest BCUT2D eigenvalue weighted by Crippen LogP contribution is 2.28. The summed E-state index contributed by atoms with van der Waals surface area (Å²) in [4.78, 5) is 8.49. The van der Waals surface area contributed by atoms with E-state index in [0.717, 1.165) is 31.3 Å². The van der Waals surface area contributed by atoms with Crippen molar-refractivity contribution >= 4 is 16.5 Å². The molecule has 1 N–H and O–H groups in total. The van der Waals surface area contributed by atoms with Gasteiger partial charge >= 0.3 is 0 Å². The van der Waals surface area contributed by atoms with Gasteiger partial charge in [-0.15, -0.1) is 11.3 Å². The number of ether oxygens (including phenoxy) is 1. The van der Waals surface area contributed by atoms with Gasteiger partial charge in [0.25, 0.3) is 0 Å². The first-order chi connectivity index (χ1) is 9.60. The van der Waals surface area contributed by atoms with Crippen LogP contribution in [0, 0.1) is 12.8 Å². The molecule has 1 aromatic rings. The maximum atomic E-state index is 5.49. The molecule has 1 atom stereocenters. The van der Waals surface area contributed by atoms with Gasteiger partial charge in [0, 0.05) is 31.6 Å². The Kier molecular flexibility index (Phi) is 5.81. The maximum absolute atomic E-state index is 5.49. The minimum atomic E-state index is 0.357. The van der Waals surface area contributed by atoms with Crippen molar-refractivity contribution in [1.29, 1.82) is 0 Å². The molecule has 0 amide bonds. The van der Waals surface area contributed by atoms with E-state index in [2.05, 4.69) is 31.0 Å². The summed E-state index contributed by atoms with van der Waals surface area (Å²) < 4.78 is 5.49. The molecular formula is C15H27N3OS. The van der Waals surface area contributed by atoms with E-state index in [4.69, 9.17) is 9.72 Å². The zero-order valence-corrected chi connectivity index (χ0v) is 13.9. The highest BCUT2D eigenvalue weighted by Gasteiger charge is 2.22. The summed E-state index contributed by atoms with van der Waals surface area (Å²) in [7, 11) is 1.81. The van der Waals surface area contributed by atoms with Crippen molar-refractivity contribution in [2.24, 2.45) is 5.92 Å². The Morgan fingerprint density at radius 3 is 3.00 bits per heavy atom. The molecule has 1 aliphatic rings. The van der Waals surface area contributed by atoms with E-state index in [1.807, 2.05) is 18.4 Å². The summed E-state index contributed by atoms with van der Waals surface area (Å²) in [5.41, 5.74) is 1.17. The van der Waals surface area contributed by atoms with E-state index in [0.29, 0.717) is 12.0 Å². The molecule has 5 heteroatoms. The van der Waals surface area contributed by atoms with Gasteiger partial charge in [0.05, 0.1) is 11.8 Å². The number of aromatic nitrogens is 1. The number of anilines is 1. The molecule has 0 spiro atoms. The Hall–Kier alpha value is -0.650. The lowest BCUT2D eigenvalue weighted by molar-refractivity contribution is 0.0893. The van der Waals surface area contributed by atoms with Gasteiger partial charge < -0.3 is 15.0 Å². The molecule has 2 rings (SSSR count). The second kappa shape index (κ2) is 7.38. The fourth-order valence-electron chi connectivity index (χ4n) is 2.49. The minimum Gasteiger partial charge on any atom is -0.380 e. The highest BCUT2D eigenvalue weighted by atomic mass is 32.1. The van der Waals surface area contributed by atoms with Crippen LogP contribution < -0.4 is 10.2 Å². The lowest BCUT2D eigenvalue weighted by Gasteiger charge is -2.31. The molecule has 1 fully saturated rings. The molecule has 2 heterocycles. The van der Waals surface area contributed by atoms with E-state index in [1.54, 1.807) is 0 Å². The van der Waals surface area contributed by atoms with Gasteiger partial charge in [-0.2, -0.15) is 0 Å². The number of piperidine rings is 1. The fourth-order valence-corrected chi connectivity index (χ4v) is 3.56. The first-order valence-electron chi connectivity index (χ1n) is 7.55. The Balaban J connectivity index is 1.95. The standard InChI is InChI=1S/C15H27N3OS/c1-11(2)8-16-9-14-12(3)17-15(20-14)18-7-5-6-13(10-18)19-4/h11,13,16H,5-10H2,1-4H3. The number of hydrogen-bond acceptors (Lipinski definition) is 5. The summed E-state index contributed by atoms with van der Waals surface area (Å²) >= 11 is 1.83. The third-order valence-electron chi connectivity index (χ3n) is 3.70. The number of thiazole rings is 1. The molecule has 1 unspecified atom stereocenters. The molecule has 20 heavy (non-hydrogen) atoms. The van der Waals surface area contributed by atoms with Gasteiger partial charge in [0.1, 0.15) is 0 Å². The van der Waals surface area contributed by atoms with Crippen LogP contribution in [0.3, 0.4) is 0 Å². The summed E-state index contributed by atoms with van der Waals surface area (Å²) in [6.07, 6.45) is 2.72. The van der Waals surface area contributed by atoms with Crippen molar-refractivity contribution in [2.45, 2.75) is 46.3 Å². The Labute approximate surface area is 126 Å². The van der Waals surface area contributed by atoms with E-state index in [1.165, 1.54) is 23.4 Å². The van der Waals surface area contributed by atoms with Crippen LogP contribution in [0.15, 0.2) is 0 Å². The van der Waals surface area contributed by atoms with Crippen molar-refractivity contribution < 1.29 is 4.74 Å². The van der Waals surface area contributed by atoms with Crippen LogP contribution in [0.25, 0.3) is 0 Å². The summed E-state index contributed by atoms with van der Waals surface area (Å²) in [5.74, 6) is 0.687. The fraction of sp³-hybridized carbons (Fsp3) is 0.800. The van der Waals surface area contributed by atoms with E-state index in [-0.39, 0.29) is 0 Å². The second-order valence-electron chi connectivity index (χ2n) is 5.98. The molecule has 1 aliphatic heterocycles. The minimum absolute atomic E-state index is 0.357. The third-order valence-corrected chi connectivity index (χ3v) is 4.92. The number of rotatable bonds is 6. The monoisotopic (exact) mass is 297 g/mol. The van der Waals surface area contributed by atoms with E-state index < -0.39 is 0 Å². The molecule has 0 bridgehead atoms. The second-order valence-corrected chi connectivity index (χ2v) is 7.04. The molecule has 4 nitrogen and oxygen atoms in total. The number of aryl methyl sites for hydroxylation is 1. The Morgan fingerprint density at radius 1 is 1.50 bits per heavy atom. The number of hydrogen-bond donors (Lipinski definition) is 1. The van der Waals surface area contributed by atoms with Crippen LogP contribution in [0.4, 0.5) is 5.13 Å². The molecule has 1 saturated heterocycles.